The number of carboxylic acid groups (broad SMARTS) is 2. The van der Waals surface area contributed by atoms with Crippen molar-refractivity contribution in [3.63, 3.8) is 0 Å². The van der Waals surface area contributed by atoms with Crippen LogP contribution in [-0.4, -0.2) is 31.9 Å². The van der Waals surface area contributed by atoms with Gasteiger partial charge in [-0.15, -0.1) is 0 Å². The highest BCUT2D eigenvalue weighted by atomic mass is 35.5. The van der Waals surface area contributed by atoms with Crippen LogP contribution in [0.2, 0.25) is 5.02 Å². The van der Waals surface area contributed by atoms with Crippen LogP contribution >= 0.6 is 11.6 Å². The van der Waals surface area contributed by atoms with Gasteiger partial charge in [-0.25, -0.2) is 9.48 Å². The third kappa shape index (κ3) is 3.04. The molecule has 3 N–H and O–H groups in total. The highest BCUT2D eigenvalue weighted by Gasteiger charge is 2.61. The molecule has 4 fully saturated rings. The predicted octanol–water partition coefficient (Wildman–Crippen LogP) is 3.57. The Kier molecular flexibility index (Phi) is 4.58. The molecule has 0 radical (unpaired) electrons. The van der Waals surface area contributed by atoms with E-state index >= 15 is 0 Å². The Morgan fingerprint density at radius 2 is 1.77 bits per heavy atom. The number of hydrogen-bond donors (Lipinski definition) is 3. The van der Waals surface area contributed by atoms with Crippen LogP contribution in [0.1, 0.15) is 42.5 Å². The Morgan fingerprint density at radius 1 is 1.10 bits per heavy atom. The van der Waals surface area contributed by atoms with Crippen molar-refractivity contribution in [3.8, 4) is 0 Å². The van der Waals surface area contributed by atoms with Crippen LogP contribution in [0.25, 0.3) is 0 Å². The molecule has 1 aromatic heterocycles. The summed E-state index contributed by atoms with van der Waals surface area (Å²) < 4.78 is 1.31. The molecule has 1 aromatic carbocycles. The normalized spacial score (nSPS) is 30.9. The van der Waals surface area contributed by atoms with Gasteiger partial charge >= 0.3 is 11.9 Å². The molecule has 2 aromatic rings. The highest BCUT2D eigenvalue weighted by molar-refractivity contribution is 6.33. The maximum atomic E-state index is 13.3. The summed E-state index contributed by atoms with van der Waals surface area (Å²) in [4.78, 5) is 37.0. The molecule has 0 spiro atoms. The number of carboxylic acids is 2. The van der Waals surface area contributed by atoms with Crippen molar-refractivity contribution in [2.24, 2.45) is 23.7 Å². The molecule has 3 atom stereocenters. The maximum absolute atomic E-state index is 13.3. The standard InChI is InChI=1S/C22H22ClN3O5/c23-18-16(25-15-4-2-1-3-14(15)20(28)29)10-24-26(19(18)27)22-8-11-5-12(9-22)7-13(6-11)17(22)21(30)31/h1-4,10-13,17,25H,5-9H2,(H,28,29)(H,30,31). The number of nitrogens with one attached hydrogen (secondary N) is 1. The van der Waals surface area contributed by atoms with Gasteiger partial charge < -0.3 is 15.5 Å². The van der Waals surface area contributed by atoms with Gasteiger partial charge in [0.25, 0.3) is 5.56 Å². The quantitative estimate of drug-likeness (QED) is 0.645. The van der Waals surface area contributed by atoms with Crippen molar-refractivity contribution in [2.75, 3.05) is 5.32 Å². The van der Waals surface area contributed by atoms with Crippen molar-refractivity contribution < 1.29 is 19.8 Å². The Hall–Kier alpha value is -2.87. The Labute approximate surface area is 182 Å². The fourth-order valence-electron chi connectivity index (χ4n) is 6.49. The van der Waals surface area contributed by atoms with Crippen molar-refractivity contribution in [1.29, 1.82) is 0 Å². The minimum atomic E-state index is -1.11. The topological polar surface area (TPSA) is 122 Å². The van der Waals surface area contributed by atoms with E-state index in [0.29, 0.717) is 24.7 Å². The van der Waals surface area contributed by atoms with E-state index in [1.807, 2.05) is 0 Å². The monoisotopic (exact) mass is 443 g/mol. The van der Waals surface area contributed by atoms with Crippen LogP contribution in [0, 0.1) is 23.7 Å². The fourth-order valence-corrected chi connectivity index (χ4v) is 6.67. The summed E-state index contributed by atoms with van der Waals surface area (Å²) in [6, 6.07) is 6.29. The van der Waals surface area contributed by atoms with Crippen LogP contribution in [0.4, 0.5) is 11.4 Å². The molecule has 3 unspecified atom stereocenters. The first kappa shape index (κ1) is 20.1. The van der Waals surface area contributed by atoms with Crippen molar-refractivity contribution >= 4 is 34.9 Å². The summed E-state index contributed by atoms with van der Waals surface area (Å²) in [7, 11) is 0. The molecule has 162 valence electrons. The average Bonchev–Trinajstić information content (AvgIpc) is 2.70. The number of aromatic nitrogens is 2. The van der Waals surface area contributed by atoms with Gasteiger partial charge in [0.1, 0.15) is 5.02 Å². The lowest BCUT2D eigenvalue weighted by Gasteiger charge is -2.59. The van der Waals surface area contributed by atoms with E-state index < -0.39 is 29.0 Å². The number of carbonyl (C=O) groups is 2. The second-order valence-corrected chi connectivity index (χ2v) is 9.47. The Morgan fingerprint density at radius 3 is 2.42 bits per heavy atom. The van der Waals surface area contributed by atoms with E-state index in [0.717, 1.165) is 19.3 Å². The zero-order valence-corrected chi connectivity index (χ0v) is 17.4. The second kappa shape index (κ2) is 7.09. The predicted molar refractivity (Wildman–Crippen MR) is 113 cm³/mol. The van der Waals surface area contributed by atoms with Crippen molar-refractivity contribution in [3.05, 3.63) is 51.4 Å². The molecule has 0 saturated heterocycles. The third-order valence-electron chi connectivity index (χ3n) is 7.31. The van der Waals surface area contributed by atoms with Crippen LogP contribution in [-0.2, 0) is 10.3 Å². The molecular formula is C22H22ClN3O5. The summed E-state index contributed by atoms with van der Waals surface area (Å²) in [5, 5.41) is 26.5. The maximum Gasteiger partial charge on any atom is 0.337 e. The number of rotatable bonds is 5. The lowest BCUT2D eigenvalue weighted by atomic mass is 9.48. The van der Waals surface area contributed by atoms with Crippen molar-refractivity contribution in [2.45, 2.75) is 37.6 Å². The summed E-state index contributed by atoms with van der Waals surface area (Å²) in [5.74, 6) is -1.80. The molecule has 4 bridgehead atoms. The van der Waals surface area contributed by atoms with E-state index in [9.17, 15) is 24.6 Å². The number of hydrogen-bond acceptors (Lipinski definition) is 5. The molecular weight excluding hydrogens is 422 g/mol. The number of nitrogens with zero attached hydrogens (tertiary/aromatic N) is 2. The number of para-hydroxylation sites is 1. The molecule has 4 saturated carbocycles. The van der Waals surface area contributed by atoms with Crippen LogP contribution < -0.4 is 10.9 Å². The SMILES string of the molecule is O=C(O)c1ccccc1Nc1cnn(C23CC4CC(CC(C4)C2C(=O)O)C3)c(=O)c1Cl. The summed E-state index contributed by atoms with van der Waals surface area (Å²) in [6.07, 6.45) is 5.49. The molecule has 0 amide bonds. The first-order valence-corrected chi connectivity index (χ1v) is 10.8. The molecule has 6 rings (SSSR count). The zero-order valence-electron chi connectivity index (χ0n) is 16.6. The number of benzene rings is 1. The van der Waals surface area contributed by atoms with Gasteiger partial charge in [-0.05, 0) is 62.0 Å². The average molecular weight is 444 g/mol. The molecule has 0 aliphatic heterocycles. The molecule has 4 aliphatic rings. The molecule has 4 aliphatic carbocycles. The van der Waals surface area contributed by atoms with E-state index in [4.69, 9.17) is 11.6 Å². The van der Waals surface area contributed by atoms with Gasteiger partial charge in [0.05, 0.1) is 34.6 Å². The minimum absolute atomic E-state index is 0.0368. The third-order valence-corrected chi connectivity index (χ3v) is 7.67. The lowest BCUT2D eigenvalue weighted by molar-refractivity contribution is -0.168. The second-order valence-electron chi connectivity index (χ2n) is 9.09. The number of halogens is 1. The first-order valence-electron chi connectivity index (χ1n) is 10.4. The van der Waals surface area contributed by atoms with Gasteiger partial charge in [-0.3, -0.25) is 9.59 Å². The number of anilines is 2. The van der Waals surface area contributed by atoms with Gasteiger partial charge in [0, 0.05) is 0 Å². The molecule has 31 heavy (non-hydrogen) atoms. The molecule has 9 heteroatoms. The van der Waals surface area contributed by atoms with Gasteiger partial charge in [-0.1, -0.05) is 23.7 Å². The Balaban J connectivity index is 1.57. The smallest absolute Gasteiger partial charge is 0.337 e. The van der Waals surface area contributed by atoms with Crippen LogP contribution in [0.5, 0.6) is 0 Å². The summed E-state index contributed by atoms with van der Waals surface area (Å²) in [6.45, 7) is 0. The summed E-state index contributed by atoms with van der Waals surface area (Å²) >= 11 is 6.42. The number of aromatic carboxylic acids is 1. The largest absolute Gasteiger partial charge is 0.481 e. The van der Waals surface area contributed by atoms with Gasteiger partial charge in [0.2, 0.25) is 0 Å². The van der Waals surface area contributed by atoms with E-state index in [2.05, 4.69) is 10.4 Å². The zero-order chi connectivity index (χ0) is 21.9. The first-order chi connectivity index (χ1) is 14.8. The highest BCUT2D eigenvalue weighted by Crippen LogP contribution is 2.61. The summed E-state index contributed by atoms with van der Waals surface area (Å²) in [5.41, 5.74) is -0.900. The minimum Gasteiger partial charge on any atom is -0.481 e. The van der Waals surface area contributed by atoms with Crippen molar-refractivity contribution in [1.82, 2.24) is 9.78 Å². The van der Waals surface area contributed by atoms with E-state index in [-0.39, 0.29) is 27.9 Å². The number of aliphatic carboxylic acids is 1. The van der Waals surface area contributed by atoms with E-state index in [1.165, 1.54) is 16.9 Å². The fraction of sp³-hybridized carbons (Fsp3) is 0.455. The van der Waals surface area contributed by atoms with E-state index in [1.54, 1.807) is 18.2 Å². The Bertz CT molecular complexity index is 1130. The van der Waals surface area contributed by atoms with Crippen LogP contribution in [0.3, 0.4) is 0 Å². The van der Waals surface area contributed by atoms with Gasteiger partial charge in [0.15, 0.2) is 0 Å². The molecule has 8 nitrogen and oxygen atoms in total. The lowest BCUT2D eigenvalue weighted by Crippen LogP contribution is -2.63. The van der Waals surface area contributed by atoms with Gasteiger partial charge in [-0.2, -0.15) is 5.10 Å². The van der Waals surface area contributed by atoms with Crippen LogP contribution in [0.15, 0.2) is 35.3 Å². The molecule has 1 heterocycles.